The molecule has 0 amide bonds. The number of methoxy groups -OCH3 is 1. The Balaban J connectivity index is 3.11. The molecule has 0 bridgehead atoms. The first-order chi connectivity index (χ1) is 9.85. The molecule has 21 heavy (non-hydrogen) atoms. The van der Waals surface area contributed by atoms with Crippen LogP contribution in [0.25, 0.3) is 0 Å². The maximum absolute atomic E-state index is 11.7. The van der Waals surface area contributed by atoms with Crippen LogP contribution >= 0.6 is 0 Å². The summed E-state index contributed by atoms with van der Waals surface area (Å²) in [6.07, 6.45) is 1.18. The zero-order valence-corrected chi connectivity index (χ0v) is 13.7. The molecule has 4 heteroatoms. The van der Waals surface area contributed by atoms with Gasteiger partial charge in [0.2, 0.25) is 0 Å². The van der Waals surface area contributed by atoms with Crippen LogP contribution < -0.4 is 4.74 Å². The smallest absolute Gasteiger partial charge is 0.310 e. The number of rotatable bonds is 7. The van der Waals surface area contributed by atoms with E-state index in [-0.39, 0.29) is 31.0 Å². The molecule has 0 saturated heterocycles. The van der Waals surface area contributed by atoms with Crippen molar-refractivity contribution in [2.24, 2.45) is 0 Å². The van der Waals surface area contributed by atoms with Crippen LogP contribution in [-0.4, -0.2) is 31.4 Å². The van der Waals surface area contributed by atoms with E-state index in [1.807, 2.05) is 19.1 Å². The standard InChI is InChI=1S/C17H26O4/c1-6-17(3,4)14-10-13(9-12(2)16(14)20-5)11-15(19)21-8-7-18/h9-10,18H,6-8,11H2,1-5H3. The summed E-state index contributed by atoms with van der Waals surface area (Å²) >= 11 is 0. The van der Waals surface area contributed by atoms with Gasteiger partial charge in [-0.2, -0.15) is 0 Å². The quantitative estimate of drug-likeness (QED) is 0.786. The van der Waals surface area contributed by atoms with Gasteiger partial charge in [-0.05, 0) is 29.9 Å². The highest BCUT2D eigenvalue weighted by molar-refractivity contribution is 5.73. The highest BCUT2D eigenvalue weighted by Gasteiger charge is 2.24. The minimum absolute atomic E-state index is 0.0267. The van der Waals surface area contributed by atoms with E-state index in [1.165, 1.54) is 0 Å². The molecule has 0 aromatic heterocycles. The molecule has 0 atom stereocenters. The van der Waals surface area contributed by atoms with Gasteiger partial charge in [-0.3, -0.25) is 4.79 Å². The second-order valence-corrected chi connectivity index (χ2v) is 5.85. The molecule has 1 N–H and O–H groups in total. The van der Waals surface area contributed by atoms with Crippen LogP contribution in [0.4, 0.5) is 0 Å². The number of hydrogen-bond acceptors (Lipinski definition) is 4. The van der Waals surface area contributed by atoms with Gasteiger partial charge in [-0.1, -0.05) is 32.9 Å². The van der Waals surface area contributed by atoms with Crippen molar-refractivity contribution in [2.75, 3.05) is 20.3 Å². The van der Waals surface area contributed by atoms with Crippen molar-refractivity contribution in [3.63, 3.8) is 0 Å². The molecular formula is C17H26O4. The fraction of sp³-hybridized carbons (Fsp3) is 0.588. The molecule has 1 rings (SSSR count). The van der Waals surface area contributed by atoms with Gasteiger partial charge in [-0.25, -0.2) is 0 Å². The molecule has 4 nitrogen and oxygen atoms in total. The molecular weight excluding hydrogens is 268 g/mol. The van der Waals surface area contributed by atoms with E-state index in [0.717, 1.165) is 28.9 Å². The summed E-state index contributed by atoms with van der Waals surface area (Å²) in [6.45, 7) is 8.34. The summed E-state index contributed by atoms with van der Waals surface area (Å²) in [6, 6.07) is 3.98. The molecule has 0 fully saturated rings. The van der Waals surface area contributed by atoms with Gasteiger partial charge in [0.05, 0.1) is 20.1 Å². The lowest BCUT2D eigenvalue weighted by atomic mass is 9.80. The zero-order chi connectivity index (χ0) is 16.0. The lowest BCUT2D eigenvalue weighted by Gasteiger charge is -2.27. The number of carbonyl (C=O) groups is 1. The first-order valence-corrected chi connectivity index (χ1v) is 7.30. The van der Waals surface area contributed by atoms with Crippen LogP contribution in [-0.2, 0) is 21.4 Å². The minimum Gasteiger partial charge on any atom is -0.496 e. The van der Waals surface area contributed by atoms with E-state index >= 15 is 0 Å². The van der Waals surface area contributed by atoms with Crippen molar-refractivity contribution in [3.05, 3.63) is 28.8 Å². The van der Waals surface area contributed by atoms with Gasteiger partial charge in [-0.15, -0.1) is 0 Å². The van der Waals surface area contributed by atoms with Crippen molar-refractivity contribution in [1.29, 1.82) is 0 Å². The Bertz CT molecular complexity index is 492. The van der Waals surface area contributed by atoms with Crippen molar-refractivity contribution >= 4 is 5.97 Å². The molecule has 118 valence electrons. The lowest BCUT2D eigenvalue weighted by molar-refractivity contribution is -0.143. The summed E-state index contributed by atoms with van der Waals surface area (Å²) in [4.78, 5) is 11.7. The third kappa shape index (κ3) is 4.46. The Labute approximate surface area is 127 Å². The third-order valence-corrected chi connectivity index (χ3v) is 3.85. The van der Waals surface area contributed by atoms with Crippen LogP contribution in [0.5, 0.6) is 5.75 Å². The number of benzene rings is 1. The van der Waals surface area contributed by atoms with Crippen LogP contribution in [0.3, 0.4) is 0 Å². The molecule has 0 aliphatic rings. The topological polar surface area (TPSA) is 55.8 Å². The fourth-order valence-corrected chi connectivity index (χ4v) is 2.29. The normalized spacial score (nSPS) is 11.3. The molecule has 0 saturated carbocycles. The summed E-state index contributed by atoms with van der Waals surface area (Å²) in [5.74, 6) is 0.559. The molecule has 1 aromatic rings. The number of esters is 1. The number of aryl methyl sites for hydroxylation is 1. The van der Waals surface area contributed by atoms with Gasteiger partial charge in [0.25, 0.3) is 0 Å². The Morgan fingerprint density at radius 3 is 2.52 bits per heavy atom. The van der Waals surface area contributed by atoms with Gasteiger partial charge in [0.1, 0.15) is 12.4 Å². The molecule has 0 aliphatic carbocycles. The first kappa shape index (κ1) is 17.5. The third-order valence-electron chi connectivity index (χ3n) is 3.85. The SMILES string of the molecule is CCC(C)(C)c1cc(CC(=O)OCCO)cc(C)c1OC. The predicted octanol–water partition coefficient (Wildman–Crippen LogP) is 2.77. The summed E-state index contributed by atoms with van der Waals surface area (Å²) in [5, 5.41) is 8.68. The molecule has 0 radical (unpaired) electrons. The average molecular weight is 294 g/mol. The van der Waals surface area contributed by atoms with Gasteiger partial charge < -0.3 is 14.6 Å². The molecule has 1 aromatic carbocycles. The Morgan fingerprint density at radius 1 is 1.33 bits per heavy atom. The molecule has 0 spiro atoms. The Kier molecular flexibility index (Phi) is 6.21. The van der Waals surface area contributed by atoms with E-state index in [9.17, 15) is 4.79 Å². The number of ether oxygens (including phenoxy) is 2. The van der Waals surface area contributed by atoms with E-state index in [4.69, 9.17) is 14.6 Å². The van der Waals surface area contributed by atoms with Crippen LogP contribution in [0, 0.1) is 6.92 Å². The monoisotopic (exact) mass is 294 g/mol. The van der Waals surface area contributed by atoms with Gasteiger partial charge in [0.15, 0.2) is 0 Å². The highest BCUT2D eigenvalue weighted by Crippen LogP contribution is 2.37. The number of aliphatic hydroxyl groups is 1. The lowest BCUT2D eigenvalue weighted by Crippen LogP contribution is -2.18. The van der Waals surface area contributed by atoms with Crippen LogP contribution in [0.1, 0.15) is 43.9 Å². The second kappa shape index (κ2) is 7.46. The van der Waals surface area contributed by atoms with Crippen molar-refractivity contribution in [3.8, 4) is 5.75 Å². The zero-order valence-electron chi connectivity index (χ0n) is 13.7. The highest BCUT2D eigenvalue weighted by atomic mass is 16.5. The largest absolute Gasteiger partial charge is 0.496 e. The summed E-state index contributed by atoms with van der Waals surface area (Å²) in [7, 11) is 1.67. The average Bonchev–Trinajstić information content (AvgIpc) is 2.44. The van der Waals surface area contributed by atoms with E-state index in [0.29, 0.717) is 0 Å². The van der Waals surface area contributed by atoms with E-state index < -0.39 is 0 Å². The van der Waals surface area contributed by atoms with Crippen LogP contribution in [0.15, 0.2) is 12.1 Å². The summed E-state index contributed by atoms with van der Waals surface area (Å²) in [5.41, 5.74) is 3.01. The number of carbonyl (C=O) groups excluding carboxylic acids is 1. The van der Waals surface area contributed by atoms with Gasteiger partial charge >= 0.3 is 5.97 Å². The van der Waals surface area contributed by atoms with Crippen LogP contribution in [0.2, 0.25) is 0 Å². The number of hydrogen-bond donors (Lipinski definition) is 1. The fourth-order valence-electron chi connectivity index (χ4n) is 2.29. The maximum Gasteiger partial charge on any atom is 0.310 e. The van der Waals surface area contributed by atoms with Crippen molar-refractivity contribution in [1.82, 2.24) is 0 Å². The van der Waals surface area contributed by atoms with Crippen molar-refractivity contribution in [2.45, 2.75) is 46.0 Å². The van der Waals surface area contributed by atoms with Gasteiger partial charge in [0, 0.05) is 5.56 Å². The predicted molar refractivity (Wildman–Crippen MR) is 82.8 cm³/mol. The maximum atomic E-state index is 11.7. The second-order valence-electron chi connectivity index (χ2n) is 5.85. The Morgan fingerprint density at radius 2 is 2.00 bits per heavy atom. The van der Waals surface area contributed by atoms with Crippen molar-refractivity contribution < 1.29 is 19.4 Å². The number of aliphatic hydroxyl groups excluding tert-OH is 1. The molecule has 0 heterocycles. The van der Waals surface area contributed by atoms with E-state index in [2.05, 4.69) is 20.8 Å². The first-order valence-electron chi connectivity index (χ1n) is 7.30. The molecule has 0 aliphatic heterocycles. The minimum atomic E-state index is -0.325. The van der Waals surface area contributed by atoms with E-state index in [1.54, 1.807) is 7.11 Å². The Hall–Kier alpha value is -1.55. The summed E-state index contributed by atoms with van der Waals surface area (Å²) < 4.78 is 10.5. The molecule has 0 unspecified atom stereocenters.